The highest BCUT2D eigenvalue weighted by Crippen LogP contribution is 2.33. The van der Waals surface area contributed by atoms with Crippen molar-refractivity contribution in [3.8, 4) is 23.1 Å². The van der Waals surface area contributed by atoms with E-state index in [-0.39, 0.29) is 0 Å². The Morgan fingerprint density at radius 3 is 2.41 bits per heavy atom. The van der Waals surface area contributed by atoms with Crippen molar-refractivity contribution >= 4 is 10.9 Å². The summed E-state index contributed by atoms with van der Waals surface area (Å²) in [5, 5.41) is 0.801. The Labute approximate surface area is 157 Å². The molecule has 0 unspecified atom stereocenters. The summed E-state index contributed by atoms with van der Waals surface area (Å²) in [6.45, 7) is 0.502. The average molecular weight is 358 g/mol. The van der Waals surface area contributed by atoms with Crippen molar-refractivity contribution in [2.45, 2.75) is 6.61 Å². The number of ether oxygens (including phenoxy) is 3. The Morgan fingerprint density at radius 2 is 1.59 bits per heavy atom. The SMILES string of the molecule is COc1ccccc1Oc1ncnc2cc(OCc3ccccc3)ccc12. The molecule has 0 fully saturated rings. The summed E-state index contributed by atoms with van der Waals surface area (Å²) in [6.07, 6.45) is 1.48. The van der Waals surface area contributed by atoms with Crippen molar-refractivity contribution in [3.05, 3.63) is 84.7 Å². The first-order chi connectivity index (χ1) is 13.3. The van der Waals surface area contributed by atoms with Crippen LogP contribution in [-0.4, -0.2) is 17.1 Å². The molecule has 0 amide bonds. The second-order valence-electron chi connectivity index (χ2n) is 5.88. The minimum atomic E-state index is 0.471. The largest absolute Gasteiger partial charge is 0.493 e. The summed E-state index contributed by atoms with van der Waals surface area (Å²) < 4.78 is 17.2. The highest BCUT2D eigenvalue weighted by Gasteiger charge is 2.10. The number of nitrogens with zero attached hydrogens (tertiary/aromatic N) is 2. The van der Waals surface area contributed by atoms with Crippen LogP contribution in [0.2, 0.25) is 0 Å². The fraction of sp³-hybridized carbons (Fsp3) is 0.0909. The summed E-state index contributed by atoms with van der Waals surface area (Å²) >= 11 is 0. The maximum Gasteiger partial charge on any atom is 0.230 e. The number of rotatable bonds is 6. The maximum absolute atomic E-state index is 5.97. The van der Waals surface area contributed by atoms with Gasteiger partial charge in [0.15, 0.2) is 11.5 Å². The summed E-state index contributed by atoms with van der Waals surface area (Å²) in [5.41, 5.74) is 1.86. The summed E-state index contributed by atoms with van der Waals surface area (Å²) in [5.74, 6) is 2.46. The van der Waals surface area contributed by atoms with Gasteiger partial charge in [0.05, 0.1) is 18.0 Å². The molecule has 0 bridgehead atoms. The van der Waals surface area contributed by atoms with E-state index in [1.54, 1.807) is 7.11 Å². The molecule has 0 saturated heterocycles. The molecule has 27 heavy (non-hydrogen) atoms. The fourth-order valence-corrected chi connectivity index (χ4v) is 2.73. The van der Waals surface area contributed by atoms with Gasteiger partial charge in [-0.25, -0.2) is 9.97 Å². The van der Waals surface area contributed by atoms with Crippen LogP contribution >= 0.6 is 0 Å². The highest BCUT2D eigenvalue weighted by atomic mass is 16.5. The zero-order valence-electron chi connectivity index (χ0n) is 14.8. The predicted molar refractivity (Wildman–Crippen MR) is 103 cm³/mol. The molecular weight excluding hydrogens is 340 g/mol. The molecule has 0 aliphatic carbocycles. The topological polar surface area (TPSA) is 53.5 Å². The van der Waals surface area contributed by atoms with Crippen LogP contribution < -0.4 is 14.2 Å². The molecule has 3 aromatic carbocycles. The number of hydrogen-bond donors (Lipinski definition) is 0. The first kappa shape index (κ1) is 16.8. The zero-order chi connectivity index (χ0) is 18.5. The van der Waals surface area contributed by atoms with Crippen LogP contribution in [0.25, 0.3) is 10.9 Å². The van der Waals surface area contributed by atoms with Gasteiger partial charge in [0.25, 0.3) is 0 Å². The molecular formula is C22H18N2O3. The molecule has 134 valence electrons. The number of para-hydroxylation sites is 2. The highest BCUT2D eigenvalue weighted by molar-refractivity contribution is 5.84. The molecule has 0 atom stereocenters. The van der Waals surface area contributed by atoms with Gasteiger partial charge in [-0.05, 0) is 29.8 Å². The van der Waals surface area contributed by atoms with Crippen molar-refractivity contribution in [2.24, 2.45) is 0 Å². The van der Waals surface area contributed by atoms with E-state index in [1.807, 2.05) is 72.8 Å². The third-order valence-corrected chi connectivity index (χ3v) is 4.10. The Bertz CT molecular complexity index is 1050. The molecule has 0 radical (unpaired) electrons. The number of benzene rings is 3. The van der Waals surface area contributed by atoms with Crippen LogP contribution in [-0.2, 0) is 6.61 Å². The number of fused-ring (bicyclic) bond motifs is 1. The quantitative estimate of drug-likeness (QED) is 0.485. The van der Waals surface area contributed by atoms with Gasteiger partial charge in [-0.3, -0.25) is 0 Å². The van der Waals surface area contributed by atoms with E-state index in [2.05, 4.69) is 9.97 Å². The Balaban J connectivity index is 1.58. The standard InChI is InChI=1S/C22H18N2O3/c1-25-20-9-5-6-10-21(20)27-22-18-12-11-17(13-19(18)23-15-24-22)26-14-16-7-3-2-4-8-16/h2-13,15H,14H2,1H3. The molecule has 0 aliphatic rings. The Hall–Kier alpha value is -3.60. The van der Waals surface area contributed by atoms with Gasteiger partial charge in [0.1, 0.15) is 18.7 Å². The minimum absolute atomic E-state index is 0.471. The lowest BCUT2D eigenvalue weighted by molar-refractivity contribution is 0.306. The third kappa shape index (κ3) is 3.82. The normalized spacial score (nSPS) is 10.6. The fourth-order valence-electron chi connectivity index (χ4n) is 2.73. The number of methoxy groups -OCH3 is 1. The van der Waals surface area contributed by atoms with E-state index in [9.17, 15) is 0 Å². The molecule has 5 heteroatoms. The predicted octanol–water partition coefficient (Wildman–Crippen LogP) is 5.01. The van der Waals surface area contributed by atoms with E-state index in [4.69, 9.17) is 14.2 Å². The van der Waals surface area contributed by atoms with Crippen molar-refractivity contribution < 1.29 is 14.2 Å². The van der Waals surface area contributed by atoms with Gasteiger partial charge in [-0.15, -0.1) is 0 Å². The van der Waals surface area contributed by atoms with Gasteiger partial charge in [-0.1, -0.05) is 42.5 Å². The van der Waals surface area contributed by atoms with Crippen LogP contribution in [0.1, 0.15) is 5.56 Å². The van der Waals surface area contributed by atoms with E-state index in [0.29, 0.717) is 24.0 Å². The van der Waals surface area contributed by atoms with Gasteiger partial charge in [-0.2, -0.15) is 0 Å². The minimum Gasteiger partial charge on any atom is -0.493 e. The number of hydrogen-bond acceptors (Lipinski definition) is 5. The second-order valence-corrected chi connectivity index (χ2v) is 5.88. The lowest BCUT2D eigenvalue weighted by atomic mass is 10.2. The second kappa shape index (κ2) is 7.74. The first-order valence-electron chi connectivity index (χ1n) is 8.56. The van der Waals surface area contributed by atoms with Crippen LogP contribution in [0, 0.1) is 0 Å². The van der Waals surface area contributed by atoms with Crippen LogP contribution in [0.3, 0.4) is 0 Å². The summed E-state index contributed by atoms with van der Waals surface area (Å²) in [4.78, 5) is 8.61. The van der Waals surface area contributed by atoms with Crippen LogP contribution in [0.5, 0.6) is 23.1 Å². The van der Waals surface area contributed by atoms with Crippen molar-refractivity contribution in [1.29, 1.82) is 0 Å². The van der Waals surface area contributed by atoms with E-state index < -0.39 is 0 Å². The third-order valence-electron chi connectivity index (χ3n) is 4.10. The van der Waals surface area contributed by atoms with E-state index >= 15 is 0 Å². The molecule has 4 rings (SSSR count). The van der Waals surface area contributed by atoms with Gasteiger partial charge < -0.3 is 14.2 Å². The molecule has 1 heterocycles. The summed E-state index contributed by atoms with van der Waals surface area (Å²) in [6, 6.07) is 23.2. The molecule has 4 aromatic rings. The van der Waals surface area contributed by atoms with Gasteiger partial charge >= 0.3 is 0 Å². The van der Waals surface area contributed by atoms with Crippen LogP contribution in [0.4, 0.5) is 0 Å². The zero-order valence-corrected chi connectivity index (χ0v) is 14.8. The summed E-state index contributed by atoms with van der Waals surface area (Å²) in [7, 11) is 1.61. The average Bonchev–Trinajstić information content (AvgIpc) is 2.73. The smallest absolute Gasteiger partial charge is 0.230 e. The van der Waals surface area contributed by atoms with Gasteiger partial charge in [0.2, 0.25) is 5.88 Å². The van der Waals surface area contributed by atoms with Gasteiger partial charge in [0, 0.05) is 6.07 Å². The van der Waals surface area contributed by atoms with E-state index in [0.717, 1.165) is 22.2 Å². The lowest BCUT2D eigenvalue weighted by Crippen LogP contribution is -1.96. The molecule has 1 aromatic heterocycles. The van der Waals surface area contributed by atoms with Crippen molar-refractivity contribution in [1.82, 2.24) is 9.97 Å². The van der Waals surface area contributed by atoms with Crippen molar-refractivity contribution in [2.75, 3.05) is 7.11 Å². The molecule has 0 saturated carbocycles. The first-order valence-corrected chi connectivity index (χ1v) is 8.56. The maximum atomic E-state index is 5.97. The lowest BCUT2D eigenvalue weighted by Gasteiger charge is -2.11. The molecule has 0 spiro atoms. The van der Waals surface area contributed by atoms with E-state index in [1.165, 1.54) is 6.33 Å². The molecule has 5 nitrogen and oxygen atoms in total. The monoisotopic (exact) mass is 358 g/mol. The molecule has 0 N–H and O–H groups in total. The van der Waals surface area contributed by atoms with Crippen LogP contribution in [0.15, 0.2) is 79.1 Å². The van der Waals surface area contributed by atoms with Crippen molar-refractivity contribution in [3.63, 3.8) is 0 Å². The molecule has 0 aliphatic heterocycles. The Kier molecular flexibility index (Phi) is 4.83. The Morgan fingerprint density at radius 1 is 0.815 bits per heavy atom. The number of aromatic nitrogens is 2.